The second-order valence-corrected chi connectivity index (χ2v) is 1.32. The van der Waals surface area contributed by atoms with Crippen molar-refractivity contribution in [3.63, 3.8) is 0 Å². The number of nitrogens with one attached hydrogen (secondary N) is 1. The highest BCUT2D eigenvalue weighted by Gasteiger charge is 1.84. The molecule has 0 saturated carbocycles. The lowest BCUT2D eigenvalue weighted by atomic mass is 10.6. The zero-order valence-corrected chi connectivity index (χ0v) is 6.58. The van der Waals surface area contributed by atoms with Gasteiger partial charge >= 0.3 is 0 Å². The fourth-order valence-corrected chi connectivity index (χ4v) is 0.338. The summed E-state index contributed by atoms with van der Waals surface area (Å²) in [6.45, 7) is 1.90. The molecule has 0 radical (unpaired) electrons. The van der Waals surface area contributed by atoms with Gasteiger partial charge in [0.25, 0.3) is 0 Å². The SMILES string of the molecule is Cc1cncn[nH+]1.[I-]. The lowest BCUT2D eigenvalue weighted by molar-refractivity contribution is -0.464. The molecular formula is C4H6IN3. The van der Waals surface area contributed by atoms with Crippen LogP contribution in [0.3, 0.4) is 0 Å². The lowest BCUT2D eigenvalue weighted by Gasteiger charge is -1.72. The molecule has 3 nitrogen and oxygen atoms in total. The first-order valence-corrected chi connectivity index (χ1v) is 2.04. The standard InChI is InChI=1S/C4H5N3.HI/c1-4-2-5-3-6-7-4;/h2-3H,1H3;1H. The molecule has 0 fully saturated rings. The van der Waals surface area contributed by atoms with Crippen LogP contribution in [0.1, 0.15) is 5.69 Å². The van der Waals surface area contributed by atoms with Crippen LogP contribution in [0.15, 0.2) is 12.5 Å². The van der Waals surface area contributed by atoms with Crippen molar-refractivity contribution in [3.8, 4) is 0 Å². The van der Waals surface area contributed by atoms with Crippen molar-refractivity contribution in [1.29, 1.82) is 0 Å². The molecule has 0 aliphatic heterocycles. The normalized spacial score (nSPS) is 7.62. The number of halogens is 1. The molecule has 0 aliphatic carbocycles. The molecule has 0 unspecified atom stereocenters. The monoisotopic (exact) mass is 223 g/mol. The van der Waals surface area contributed by atoms with Gasteiger partial charge in [0.2, 0.25) is 5.69 Å². The van der Waals surface area contributed by atoms with Gasteiger partial charge in [-0.3, -0.25) is 0 Å². The van der Waals surface area contributed by atoms with Crippen LogP contribution in [0, 0.1) is 6.92 Å². The molecule has 1 rings (SSSR count). The third kappa shape index (κ3) is 2.15. The number of aromatic amines is 1. The molecular weight excluding hydrogens is 217 g/mol. The summed E-state index contributed by atoms with van der Waals surface area (Å²) in [6.07, 6.45) is 3.18. The molecule has 0 spiro atoms. The van der Waals surface area contributed by atoms with Crippen molar-refractivity contribution in [3.05, 3.63) is 18.2 Å². The van der Waals surface area contributed by atoms with Crippen LogP contribution in [-0.2, 0) is 0 Å². The first kappa shape index (κ1) is 7.74. The van der Waals surface area contributed by atoms with E-state index in [0.717, 1.165) is 5.69 Å². The van der Waals surface area contributed by atoms with Gasteiger partial charge in [-0.15, -0.1) is 5.10 Å². The van der Waals surface area contributed by atoms with Gasteiger partial charge in [0.1, 0.15) is 0 Å². The number of hydrogen-bond donors (Lipinski definition) is 0. The fraction of sp³-hybridized carbons (Fsp3) is 0.250. The Hall–Kier alpha value is -0.260. The van der Waals surface area contributed by atoms with E-state index in [1.165, 1.54) is 6.33 Å². The molecule has 0 saturated heterocycles. The van der Waals surface area contributed by atoms with E-state index < -0.39 is 0 Å². The quantitative estimate of drug-likeness (QED) is 0.430. The van der Waals surface area contributed by atoms with Crippen molar-refractivity contribution in [1.82, 2.24) is 10.1 Å². The summed E-state index contributed by atoms with van der Waals surface area (Å²) < 4.78 is 0. The maximum atomic E-state index is 3.74. The zero-order valence-electron chi connectivity index (χ0n) is 4.43. The summed E-state index contributed by atoms with van der Waals surface area (Å²) in [6, 6.07) is 0. The summed E-state index contributed by atoms with van der Waals surface area (Å²) >= 11 is 0. The molecule has 0 aliphatic rings. The highest BCUT2D eigenvalue weighted by molar-refractivity contribution is 4.75. The molecule has 8 heavy (non-hydrogen) atoms. The first-order valence-electron chi connectivity index (χ1n) is 2.04. The van der Waals surface area contributed by atoms with Crippen molar-refractivity contribution < 1.29 is 29.1 Å². The summed E-state index contributed by atoms with van der Waals surface area (Å²) in [4.78, 5) is 3.74. The summed E-state index contributed by atoms with van der Waals surface area (Å²) in [5.41, 5.74) is 0.975. The topological polar surface area (TPSA) is 39.9 Å². The van der Waals surface area contributed by atoms with Crippen LogP contribution >= 0.6 is 0 Å². The van der Waals surface area contributed by atoms with E-state index in [0.29, 0.717) is 0 Å². The van der Waals surface area contributed by atoms with Crippen molar-refractivity contribution in [2.75, 3.05) is 0 Å². The third-order valence-corrected chi connectivity index (χ3v) is 0.633. The molecule has 44 valence electrons. The van der Waals surface area contributed by atoms with E-state index in [1.54, 1.807) is 6.20 Å². The van der Waals surface area contributed by atoms with Crippen LogP contribution in [0.4, 0.5) is 0 Å². The predicted octanol–water partition coefficient (Wildman–Crippen LogP) is -3.40. The molecule has 1 N–H and O–H groups in total. The van der Waals surface area contributed by atoms with Gasteiger partial charge in [-0.1, -0.05) is 0 Å². The summed E-state index contributed by atoms with van der Waals surface area (Å²) in [5.74, 6) is 0. The second-order valence-electron chi connectivity index (χ2n) is 1.32. The Morgan fingerprint density at radius 1 is 1.62 bits per heavy atom. The number of hydrogen-bond acceptors (Lipinski definition) is 2. The van der Waals surface area contributed by atoms with Crippen LogP contribution in [0.2, 0.25) is 0 Å². The molecule has 0 atom stereocenters. The summed E-state index contributed by atoms with van der Waals surface area (Å²) in [5, 5.41) is 6.37. The molecule has 1 heterocycles. The van der Waals surface area contributed by atoms with Crippen LogP contribution in [-0.4, -0.2) is 10.1 Å². The van der Waals surface area contributed by atoms with Crippen LogP contribution < -0.4 is 29.1 Å². The Morgan fingerprint density at radius 2 is 2.38 bits per heavy atom. The Bertz CT molecular complexity index is 141. The number of H-pyrrole nitrogens is 1. The minimum absolute atomic E-state index is 0. The molecule has 1 aromatic heterocycles. The molecule has 1 aromatic rings. The third-order valence-electron chi connectivity index (χ3n) is 0.633. The van der Waals surface area contributed by atoms with Gasteiger partial charge in [-0.2, -0.15) is 0 Å². The van der Waals surface area contributed by atoms with Gasteiger partial charge in [0.05, 0.1) is 6.20 Å². The maximum Gasteiger partial charge on any atom is 0.221 e. The van der Waals surface area contributed by atoms with Crippen LogP contribution in [0.25, 0.3) is 0 Å². The highest BCUT2D eigenvalue weighted by Crippen LogP contribution is 1.71. The van der Waals surface area contributed by atoms with Gasteiger partial charge in [0.15, 0.2) is 6.33 Å². The van der Waals surface area contributed by atoms with E-state index in [1.807, 2.05) is 6.92 Å². The molecule has 4 heteroatoms. The van der Waals surface area contributed by atoms with E-state index in [-0.39, 0.29) is 24.0 Å². The second kappa shape index (κ2) is 3.71. The summed E-state index contributed by atoms with van der Waals surface area (Å²) in [7, 11) is 0. The average molecular weight is 223 g/mol. The largest absolute Gasteiger partial charge is 1.00 e. The maximum absolute atomic E-state index is 3.74. The Kier molecular flexibility index (Phi) is 3.59. The number of aromatic nitrogens is 3. The molecule has 0 aromatic carbocycles. The van der Waals surface area contributed by atoms with Crippen molar-refractivity contribution in [2.45, 2.75) is 6.92 Å². The predicted molar refractivity (Wildman–Crippen MR) is 23.3 cm³/mol. The number of nitrogens with zero attached hydrogens (tertiary/aromatic N) is 2. The minimum atomic E-state index is 0. The smallest absolute Gasteiger partial charge is 0.221 e. The average Bonchev–Trinajstić information content (AvgIpc) is 1.69. The van der Waals surface area contributed by atoms with Gasteiger partial charge in [0, 0.05) is 12.0 Å². The number of rotatable bonds is 0. The zero-order chi connectivity index (χ0) is 5.11. The van der Waals surface area contributed by atoms with Gasteiger partial charge < -0.3 is 24.0 Å². The van der Waals surface area contributed by atoms with Crippen molar-refractivity contribution >= 4 is 0 Å². The molecule has 0 bridgehead atoms. The fourth-order valence-electron chi connectivity index (χ4n) is 0.338. The first-order chi connectivity index (χ1) is 3.39. The number of aryl methyl sites for hydroxylation is 1. The minimum Gasteiger partial charge on any atom is -1.00 e. The van der Waals surface area contributed by atoms with Crippen LogP contribution in [0.5, 0.6) is 0 Å². The lowest BCUT2D eigenvalue weighted by Crippen LogP contribution is -3.00. The van der Waals surface area contributed by atoms with E-state index in [4.69, 9.17) is 0 Å². The Morgan fingerprint density at radius 3 is 2.62 bits per heavy atom. The van der Waals surface area contributed by atoms with E-state index in [9.17, 15) is 0 Å². The van der Waals surface area contributed by atoms with E-state index in [2.05, 4.69) is 15.2 Å². The van der Waals surface area contributed by atoms with Crippen molar-refractivity contribution in [2.24, 2.45) is 0 Å². The highest BCUT2D eigenvalue weighted by atomic mass is 127. The van der Waals surface area contributed by atoms with E-state index >= 15 is 0 Å². The Balaban J connectivity index is 0.000000490. The van der Waals surface area contributed by atoms with Gasteiger partial charge in [-0.05, 0) is 0 Å². The van der Waals surface area contributed by atoms with Gasteiger partial charge in [-0.25, -0.2) is 4.98 Å². The Labute approximate surface area is 64.6 Å². The molecule has 0 amide bonds.